The number of hydrogen-bond acceptors (Lipinski definition) is 6. The Kier molecular flexibility index (Phi) is 3.38. The fourth-order valence-corrected chi connectivity index (χ4v) is 2.72. The lowest BCUT2D eigenvalue weighted by atomic mass is 9.78. The molecule has 0 radical (unpaired) electrons. The number of benzene rings is 1. The second-order valence-electron chi connectivity index (χ2n) is 5.48. The molecule has 0 atom stereocenters. The molecule has 1 aliphatic rings. The Balaban J connectivity index is 1.72. The van der Waals surface area contributed by atoms with Gasteiger partial charge in [0, 0.05) is 11.1 Å². The summed E-state index contributed by atoms with van der Waals surface area (Å²) in [5.74, 6) is 0.675. The predicted octanol–water partition coefficient (Wildman–Crippen LogP) is 3.24. The Morgan fingerprint density at radius 3 is 2.65 bits per heavy atom. The van der Waals surface area contributed by atoms with Gasteiger partial charge >= 0.3 is 0 Å². The summed E-state index contributed by atoms with van der Waals surface area (Å²) < 4.78 is 10.1. The van der Waals surface area contributed by atoms with E-state index in [4.69, 9.17) is 4.52 Å². The molecule has 1 fully saturated rings. The molecule has 0 unspecified atom stereocenters. The molecule has 116 valence electrons. The topological polar surface area (TPSA) is 94.1 Å². The van der Waals surface area contributed by atoms with Crippen LogP contribution in [0.1, 0.15) is 41.2 Å². The van der Waals surface area contributed by atoms with E-state index in [0.717, 1.165) is 36.8 Å². The van der Waals surface area contributed by atoms with Gasteiger partial charge in [-0.15, -0.1) is 0 Å². The minimum absolute atomic E-state index is 0.110. The van der Waals surface area contributed by atoms with Crippen LogP contribution in [0.3, 0.4) is 0 Å². The van der Waals surface area contributed by atoms with E-state index >= 15 is 0 Å². The first-order valence-electron chi connectivity index (χ1n) is 7.45. The van der Waals surface area contributed by atoms with Crippen LogP contribution in [-0.4, -0.2) is 21.2 Å². The molecular weight excluding hydrogens is 296 g/mol. The molecule has 3 aromatic rings. The Morgan fingerprint density at radius 1 is 1.17 bits per heavy atom. The molecule has 1 saturated carbocycles. The number of anilines is 1. The number of amides is 1. The maximum atomic E-state index is 12.5. The van der Waals surface area contributed by atoms with Gasteiger partial charge in [-0.2, -0.15) is 4.98 Å². The molecule has 0 spiro atoms. The van der Waals surface area contributed by atoms with Crippen molar-refractivity contribution in [3.8, 4) is 11.3 Å². The third-order valence-electron chi connectivity index (χ3n) is 4.08. The van der Waals surface area contributed by atoms with E-state index < -0.39 is 0 Å². The molecule has 2 aromatic heterocycles. The average Bonchev–Trinajstić information content (AvgIpc) is 3.16. The molecule has 0 bridgehead atoms. The zero-order valence-electron chi connectivity index (χ0n) is 12.2. The summed E-state index contributed by atoms with van der Waals surface area (Å²) in [5.41, 5.74) is 2.07. The number of nitrogens with zero attached hydrogens (tertiary/aromatic N) is 3. The van der Waals surface area contributed by atoms with Gasteiger partial charge in [0.15, 0.2) is 11.5 Å². The van der Waals surface area contributed by atoms with Crippen molar-refractivity contribution in [3.05, 3.63) is 48.0 Å². The average molecular weight is 310 g/mol. The van der Waals surface area contributed by atoms with Gasteiger partial charge in [-0.05, 0) is 23.9 Å². The van der Waals surface area contributed by atoms with E-state index in [2.05, 4.69) is 25.1 Å². The largest absolute Gasteiger partial charge is 0.355 e. The Labute approximate surface area is 131 Å². The van der Waals surface area contributed by atoms with Crippen LogP contribution in [0.2, 0.25) is 0 Å². The van der Waals surface area contributed by atoms with Gasteiger partial charge < -0.3 is 9.05 Å². The molecule has 7 nitrogen and oxygen atoms in total. The highest BCUT2D eigenvalue weighted by atomic mass is 16.5. The standard InChI is InChI=1S/C16H14N4O3/c21-15(18-16-17-9-22-20-16)13-12(10-7-4-8-10)14(23-19-13)11-5-2-1-3-6-11/h1-3,5-6,9-10H,4,7-8H2,(H,18,20,21). The minimum Gasteiger partial charge on any atom is -0.355 e. The van der Waals surface area contributed by atoms with Crippen LogP contribution in [0.15, 0.2) is 45.8 Å². The molecule has 0 saturated heterocycles. The molecule has 23 heavy (non-hydrogen) atoms. The first-order chi connectivity index (χ1) is 11.3. The van der Waals surface area contributed by atoms with Crippen molar-refractivity contribution in [1.82, 2.24) is 15.3 Å². The summed E-state index contributed by atoms with van der Waals surface area (Å²) >= 11 is 0. The van der Waals surface area contributed by atoms with Gasteiger partial charge in [0.2, 0.25) is 6.39 Å². The van der Waals surface area contributed by atoms with Crippen LogP contribution < -0.4 is 5.32 Å². The minimum atomic E-state index is -0.390. The molecule has 1 N–H and O–H groups in total. The number of rotatable bonds is 4. The SMILES string of the molecule is O=C(Nc1ncon1)c1noc(-c2ccccc2)c1C1CCC1. The molecule has 7 heteroatoms. The van der Waals surface area contributed by atoms with E-state index in [9.17, 15) is 4.79 Å². The molecular formula is C16H14N4O3. The first-order valence-corrected chi connectivity index (χ1v) is 7.45. The smallest absolute Gasteiger partial charge is 0.280 e. The lowest BCUT2D eigenvalue weighted by molar-refractivity contribution is 0.101. The number of carbonyl (C=O) groups is 1. The molecule has 0 aliphatic heterocycles. The van der Waals surface area contributed by atoms with E-state index in [-0.39, 0.29) is 11.9 Å². The zero-order chi connectivity index (χ0) is 15.6. The summed E-state index contributed by atoms with van der Waals surface area (Å²) in [7, 11) is 0. The molecule has 1 amide bonds. The molecule has 1 aromatic carbocycles. The van der Waals surface area contributed by atoms with Crippen molar-refractivity contribution >= 4 is 11.9 Å². The van der Waals surface area contributed by atoms with Crippen molar-refractivity contribution in [2.24, 2.45) is 0 Å². The normalized spacial score (nSPS) is 14.4. The van der Waals surface area contributed by atoms with Gasteiger partial charge in [0.25, 0.3) is 11.9 Å². The van der Waals surface area contributed by atoms with Gasteiger partial charge in [0.1, 0.15) is 0 Å². The Bertz CT molecular complexity index is 807. The molecule has 2 heterocycles. The number of hydrogen-bond donors (Lipinski definition) is 1. The summed E-state index contributed by atoms with van der Waals surface area (Å²) in [5, 5.41) is 10.2. The summed E-state index contributed by atoms with van der Waals surface area (Å²) in [6.45, 7) is 0. The van der Waals surface area contributed by atoms with E-state index in [0.29, 0.717) is 17.4 Å². The zero-order valence-corrected chi connectivity index (χ0v) is 12.2. The van der Waals surface area contributed by atoms with Gasteiger partial charge in [-0.25, -0.2) is 0 Å². The van der Waals surface area contributed by atoms with Crippen molar-refractivity contribution in [1.29, 1.82) is 0 Å². The summed E-state index contributed by atoms with van der Waals surface area (Å²) in [6, 6.07) is 9.70. The van der Waals surface area contributed by atoms with Crippen LogP contribution >= 0.6 is 0 Å². The van der Waals surface area contributed by atoms with E-state index in [1.807, 2.05) is 30.3 Å². The van der Waals surface area contributed by atoms with Gasteiger partial charge in [-0.1, -0.05) is 41.9 Å². The van der Waals surface area contributed by atoms with Crippen LogP contribution in [0.5, 0.6) is 0 Å². The van der Waals surface area contributed by atoms with Crippen molar-refractivity contribution < 1.29 is 13.8 Å². The highest BCUT2D eigenvalue weighted by Crippen LogP contribution is 2.43. The lowest BCUT2D eigenvalue weighted by Crippen LogP contribution is -2.19. The van der Waals surface area contributed by atoms with Crippen LogP contribution in [0.4, 0.5) is 5.95 Å². The van der Waals surface area contributed by atoms with Crippen LogP contribution in [0.25, 0.3) is 11.3 Å². The third-order valence-corrected chi connectivity index (χ3v) is 4.08. The summed E-state index contributed by atoms with van der Waals surface area (Å²) in [6.07, 6.45) is 4.36. The molecule has 4 rings (SSSR count). The Hall–Kier alpha value is -2.96. The lowest BCUT2D eigenvalue weighted by Gasteiger charge is -2.25. The highest BCUT2D eigenvalue weighted by Gasteiger charge is 2.32. The predicted molar refractivity (Wildman–Crippen MR) is 80.8 cm³/mol. The second-order valence-corrected chi connectivity index (χ2v) is 5.48. The highest BCUT2D eigenvalue weighted by molar-refractivity contribution is 6.03. The van der Waals surface area contributed by atoms with Crippen LogP contribution in [0, 0.1) is 0 Å². The number of nitrogens with one attached hydrogen (secondary N) is 1. The quantitative estimate of drug-likeness (QED) is 0.795. The second kappa shape index (κ2) is 5.68. The number of carbonyl (C=O) groups excluding carboxylic acids is 1. The van der Waals surface area contributed by atoms with Crippen molar-refractivity contribution in [2.75, 3.05) is 5.32 Å². The third kappa shape index (κ3) is 2.50. The van der Waals surface area contributed by atoms with E-state index in [1.165, 1.54) is 0 Å². The maximum absolute atomic E-state index is 12.5. The van der Waals surface area contributed by atoms with Crippen molar-refractivity contribution in [2.45, 2.75) is 25.2 Å². The molecule has 1 aliphatic carbocycles. The van der Waals surface area contributed by atoms with Gasteiger partial charge in [-0.3, -0.25) is 10.1 Å². The van der Waals surface area contributed by atoms with Crippen LogP contribution in [-0.2, 0) is 0 Å². The maximum Gasteiger partial charge on any atom is 0.280 e. The fourth-order valence-electron chi connectivity index (χ4n) is 2.72. The number of aromatic nitrogens is 3. The monoisotopic (exact) mass is 310 g/mol. The Morgan fingerprint density at radius 2 is 2.00 bits per heavy atom. The first kappa shape index (κ1) is 13.7. The van der Waals surface area contributed by atoms with Gasteiger partial charge in [0.05, 0.1) is 0 Å². The van der Waals surface area contributed by atoms with E-state index in [1.54, 1.807) is 0 Å². The van der Waals surface area contributed by atoms with Crippen molar-refractivity contribution in [3.63, 3.8) is 0 Å². The summed E-state index contributed by atoms with van der Waals surface area (Å²) in [4.78, 5) is 16.3. The fraction of sp³-hybridized carbons (Fsp3) is 0.250.